The lowest BCUT2D eigenvalue weighted by Gasteiger charge is -2.21. The maximum atomic E-state index is 13.0. The van der Waals surface area contributed by atoms with Crippen LogP contribution in [0.25, 0.3) is 0 Å². The second-order valence-electron chi connectivity index (χ2n) is 24.0. The second kappa shape index (κ2) is 57.5. The van der Waals surface area contributed by atoms with Crippen LogP contribution >= 0.6 is 15.6 Å². The van der Waals surface area contributed by atoms with Crippen molar-refractivity contribution in [3.63, 3.8) is 0 Å². The Balaban J connectivity index is 5.19. The van der Waals surface area contributed by atoms with Gasteiger partial charge < -0.3 is 33.8 Å². The van der Waals surface area contributed by atoms with Crippen LogP contribution in [0.15, 0.2) is 0 Å². The molecule has 0 fully saturated rings. The summed E-state index contributed by atoms with van der Waals surface area (Å²) in [6.45, 7) is 9.44. The highest BCUT2D eigenvalue weighted by Crippen LogP contribution is 2.45. The fourth-order valence-electron chi connectivity index (χ4n) is 9.64. The van der Waals surface area contributed by atoms with Crippen LogP contribution < -0.4 is 0 Å². The number of hydrogen-bond acceptors (Lipinski definition) is 15. The minimum Gasteiger partial charge on any atom is -0.462 e. The molecule has 0 radical (unpaired) electrons. The number of esters is 4. The minimum atomic E-state index is -4.94. The summed E-state index contributed by atoms with van der Waals surface area (Å²) < 4.78 is 67.9. The number of rotatable bonds is 64. The Labute approximate surface area is 511 Å². The molecule has 0 rings (SSSR count). The molecular formula is C65H126O17P2. The van der Waals surface area contributed by atoms with Crippen molar-refractivity contribution in [2.24, 2.45) is 11.8 Å². The molecule has 3 N–H and O–H groups in total. The lowest BCUT2D eigenvalue weighted by atomic mass is 9.99. The lowest BCUT2D eigenvalue weighted by molar-refractivity contribution is -0.161. The number of ether oxygens (including phenoxy) is 4. The average molecular weight is 1240 g/mol. The van der Waals surface area contributed by atoms with Crippen molar-refractivity contribution in [2.45, 2.75) is 342 Å². The number of aliphatic hydroxyl groups is 1. The van der Waals surface area contributed by atoms with E-state index in [0.717, 1.165) is 108 Å². The van der Waals surface area contributed by atoms with E-state index in [-0.39, 0.29) is 25.7 Å². The number of unbranched alkanes of at least 4 members (excludes halogenated alkanes) is 32. The van der Waals surface area contributed by atoms with Crippen molar-refractivity contribution < 1.29 is 80.2 Å². The fraction of sp³-hybridized carbons (Fsp3) is 0.938. The van der Waals surface area contributed by atoms with E-state index in [0.29, 0.717) is 25.7 Å². The summed E-state index contributed by atoms with van der Waals surface area (Å²) in [6, 6.07) is 0. The Hall–Kier alpha value is -1.94. The topological polar surface area (TPSA) is 237 Å². The van der Waals surface area contributed by atoms with E-state index in [1.54, 1.807) is 0 Å². The van der Waals surface area contributed by atoms with Gasteiger partial charge in [0.25, 0.3) is 0 Å². The van der Waals surface area contributed by atoms with Crippen LogP contribution in [-0.4, -0.2) is 96.7 Å². The molecule has 0 aromatic heterocycles. The standard InChI is InChI=1S/C65H126O17P2/c1-7-11-13-15-16-17-18-19-20-24-30-36-42-48-63(68)76-54-61(82-64(69)49-43-37-31-25-22-21-23-28-34-39-45-57(5)9-3)56-80-84(73,74)78-52-59(66)51-77-83(71,72)79-55-60(53-75-62(67)47-41-33-14-12-8-2)81-65(70)50-44-38-32-27-26-29-35-40-46-58(6)10-4/h57-61,66H,7-56H2,1-6H3,(H,71,72)(H,73,74)/t57?,58?,59-,60+,61+/m0/s1. The summed E-state index contributed by atoms with van der Waals surface area (Å²) in [4.78, 5) is 72.1. The Bertz CT molecular complexity index is 1650. The first-order valence-electron chi connectivity index (χ1n) is 34.1. The molecule has 19 heteroatoms. The molecule has 0 bridgehead atoms. The van der Waals surface area contributed by atoms with Gasteiger partial charge >= 0.3 is 39.5 Å². The highest BCUT2D eigenvalue weighted by molar-refractivity contribution is 7.47. The van der Waals surface area contributed by atoms with E-state index in [9.17, 15) is 43.2 Å². The van der Waals surface area contributed by atoms with Gasteiger partial charge in [0, 0.05) is 25.7 Å². The molecule has 0 heterocycles. The first kappa shape index (κ1) is 82.1. The van der Waals surface area contributed by atoms with Gasteiger partial charge in [0.05, 0.1) is 26.4 Å². The van der Waals surface area contributed by atoms with E-state index in [4.69, 9.17) is 37.0 Å². The molecule has 0 saturated carbocycles. The number of carbonyl (C=O) groups excluding carboxylic acids is 4. The first-order chi connectivity index (χ1) is 40.4. The van der Waals surface area contributed by atoms with Gasteiger partial charge in [0.2, 0.25) is 0 Å². The number of hydrogen-bond donors (Lipinski definition) is 3. The van der Waals surface area contributed by atoms with Crippen LogP contribution in [0, 0.1) is 11.8 Å². The van der Waals surface area contributed by atoms with Gasteiger partial charge in [-0.05, 0) is 37.5 Å². The van der Waals surface area contributed by atoms with Gasteiger partial charge in [-0.1, -0.05) is 273 Å². The van der Waals surface area contributed by atoms with Gasteiger partial charge in [0.15, 0.2) is 12.2 Å². The summed E-state index contributed by atoms with van der Waals surface area (Å²) in [7, 11) is -9.88. The van der Waals surface area contributed by atoms with Crippen LogP contribution in [0.5, 0.6) is 0 Å². The molecule has 17 nitrogen and oxygen atoms in total. The van der Waals surface area contributed by atoms with Crippen LogP contribution in [-0.2, 0) is 65.4 Å². The van der Waals surface area contributed by atoms with Crippen molar-refractivity contribution in [3.05, 3.63) is 0 Å². The number of phosphoric ester groups is 2. The molecule has 0 aromatic carbocycles. The van der Waals surface area contributed by atoms with Gasteiger partial charge in [-0.2, -0.15) is 0 Å². The predicted octanol–water partition coefficient (Wildman–Crippen LogP) is 18.0. The van der Waals surface area contributed by atoms with Crippen LogP contribution in [0.2, 0.25) is 0 Å². The Morgan fingerprint density at radius 3 is 0.845 bits per heavy atom. The number of aliphatic hydroxyl groups excluding tert-OH is 1. The molecule has 4 unspecified atom stereocenters. The van der Waals surface area contributed by atoms with E-state index in [1.165, 1.54) is 135 Å². The zero-order valence-corrected chi connectivity index (χ0v) is 56.0. The molecule has 0 aliphatic rings. The summed E-state index contributed by atoms with van der Waals surface area (Å²) in [5, 5.41) is 10.5. The molecule has 84 heavy (non-hydrogen) atoms. The molecular weight excluding hydrogens is 1110 g/mol. The molecule has 0 spiro atoms. The monoisotopic (exact) mass is 1240 g/mol. The van der Waals surface area contributed by atoms with Gasteiger partial charge in [0.1, 0.15) is 19.3 Å². The van der Waals surface area contributed by atoms with Crippen LogP contribution in [0.1, 0.15) is 324 Å². The third-order valence-corrected chi connectivity index (χ3v) is 17.6. The maximum absolute atomic E-state index is 13.0. The molecule has 0 aromatic rings. The van der Waals surface area contributed by atoms with Crippen molar-refractivity contribution in [2.75, 3.05) is 39.6 Å². The summed E-state index contributed by atoms with van der Waals surface area (Å²) in [5.41, 5.74) is 0. The Kier molecular flexibility index (Phi) is 56.2. The SMILES string of the molecule is CCCCCCCCCCCCCCCC(=O)OC[C@H](COP(=O)(O)OC[C@@H](O)COP(=O)(O)OC[C@@H](COC(=O)CCCCCCC)OC(=O)CCCCCCCCCCC(C)CC)OC(=O)CCCCCCCCCCCCC(C)CC. The van der Waals surface area contributed by atoms with Crippen molar-refractivity contribution >= 4 is 39.5 Å². The molecule has 0 saturated heterocycles. The number of carbonyl (C=O) groups is 4. The Morgan fingerprint density at radius 2 is 0.571 bits per heavy atom. The summed E-state index contributed by atoms with van der Waals surface area (Å²) in [6.07, 6.45) is 40.5. The number of phosphoric acid groups is 2. The zero-order valence-electron chi connectivity index (χ0n) is 54.2. The third kappa shape index (κ3) is 56.6. The summed E-state index contributed by atoms with van der Waals surface area (Å²) >= 11 is 0. The average Bonchev–Trinajstić information content (AvgIpc) is 3.58. The Morgan fingerprint density at radius 1 is 0.333 bits per heavy atom. The van der Waals surface area contributed by atoms with E-state index in [1.807, 2.05) is 0 Å². The van der Waals surface area contributed by atoms with Gasteiger partial charge in [-0.3, -0.25) is 37.3 Å². The van der Waals surface area contributed by atoms with Gasteiger partial charge in [-0.25, -0.2) is 9.13 Å². The normalized spacial score (nSPS) is 14.9. The van der Waals surface area contributed by atoms with Gasteiger partial charge in [-0.15, -0.1) is 0 Å². The molecule has 0 aliphatic heterocycles. The maximum Gasteiger partial charge on any atom is 0.472 e. The highest BCUT2D eigenvalue weighted by Gasteiger charge is 2.30. The molecule has 0 aliphatic carbocycles. The van der Waals surface area contributed by atoms with Crippen molar-refractivity contribution in [1.29, 1.82) is 0 Å². The fourth-order valence-corrected chi connectivity index (χ4v) is 11.2. The van der Waals surface area contributed by atoms with E-state index >= 15 is 0 Å². The predicted molar refractivity (Wildman–Crippen MR) is 335 cm³/mol. The van der Waals surface area contributed by atoms with E-state index < -0.39 is 97.5 Å². The van der Waals surface area contributed by atoms with Crippen LogP contribution in [0.4, 0.5) is 0 Å². The van der Waals surface area contributed by atoms with Crippen LogP contribution in [0.3, 0.4) is 0 Å². The third-order valence-electron chi connectivity index (χ3n) is 15.7. The lowest BCUT2D eigenvalue weighted by Crippen LogP contribution is -2.30. The zero-order chi connectivity index (χ0) is 62.2. The highest BCUT2D eigenvalue weighted by atomic mass is 31.2. The quantitative estimate of drug-likeness (QED) is 0.0222. The molecule has 7 atom stereocenters. The second-order valence-corrected chi connectivity index (χ2v) is 26.9. The minimum absolute atomic E-state index is 0.104. The van der Waals surface area contributed by atoms with E-state index in [2.05, 4.69) is 41.5 Å². The summed E-state index contributed by atoms with van der Waals surface area (Å²) in [5.74, 6) is -0.570. The molecule has 498 valence electrons. The molecule has 0 amide bonds. The largest absolute Gasteiger partial charge is 0.472 e. The smallest absolute Gasteiger partial charge is 0.462 e. The van der Waals surface area contributed by atoms with Crippen molar-refractivity contribution in [3.8, 4) is 0 Å². The van der Waals surface area contributed by atoms with Crippen molar-refractivity contribution in [1.82, 2.24) is 0 Å². The first-order valence-corrected chi connectivity index (χ1v) is 37.1.